The van der Waals surface area contributed by atoms with Gasteiger partial charge in [-0.15, -0.1) is 0 Å². The van der Waals surface area contributed by atoms with Gasteiger partial charge in [0.25, 0.3) is 0 Å². The number of aryl methyl sites for hydroxylation is 1. The zero-order valence-electron chi connectivity index (χ0n) is 16.5. The zero-order valence-corrected chi connectivity index (χ0v) is 16.5. The van der Waals surface area contributed by atoms with Gasteiger partial charge in [-0.05, 0) is 48.6 Å². The summed E-state index contributed by atoms with van der Waals surface area (Å²) < 4.78 is 0. The number of hydrogen-bond acceptors (Lipinski definition) is 4. The predicted molar refractivity (Wildman–Crippen MR) is 102 cm³/mol. The fraction of sp³-hybridized carbons (Fsp3) is 0.714. The summed E-state index contributed by atoms with van der Waals surface area (Å²) in [6.07, 6.45) is 3.94. The van der Waals surface area contributed by atoms with E-state index < -0.39 is 5.41 Å². The van der Waals surface area contributed by atoms with E-state index in [0.29, 0.717) is 6.42 Å². The molecule has 1 aliphatic heterocycles. The van der Waals surface area contributed by atoms with Crippen LogP contribution in [0.1, 0.15) is 45.6 Å². The third-order valence-electron chi connectivity index (χ3n) is 8.23. The van der Waals surface area contributed by atoms with Crippen molar-refractivity contribution >= 4 is 11.7 Å². The van der Waals surface area contributed by atoms with E-state index in [1.165, 1.54) is 5.56 Å². The molecule has 5 heteroatoms. The van der Waals surface area contributed by atoms with Gasteiger partial charge in [-0.1, -0.05) is 26.8 Å². The number of fused-ring (bicyclic) bond motifs is 2. The summed E-state index contributed by atoms with van der Waals surface area (Å²) in [6, 6.07) is 4.04. The maximum Gasteiger partial charge on any atom is 0.229 e. The first-order chi connectivity index (χ1) is 12.2. The molecule has 3 fully saturated rings. The maximum absolute atomic E-state index is 13.6. The SMILES string of the molecule is Cc1cccnc1N1CCN(C(=O)[C@@]23CC[C@@](C)([C@@H](O)C2)C3(C)C)CC1. The summed E-state index contributed by atoms with van der Waals surface area (Å²) in [5.74, 6) is 1.29. The van der Waals surface area contributed by atoms with E-state index in [9.17, 15) is 9.90 Å². The second-order valence-electron chi connectivity index (χ2n) is 9.27. The molecule has 1 aromatic rings. The van der Waals surface area contributed by atoms with Gasteiger partial charge in [0.05, 0.1) is 11.5 Å². The van der Waals surface area contributed by atoms with Crippen LogP contribution < -0.4 is 4.90 Å². The van der Waals surface area contributed by atoms with Crippen molar-refractivity contribution in [1.82, 2.24) is 9.88 Å². The van der Waals surface area contributed by atoms with Crippen LogP contribution in [-0.4, -0.2) is 53.2 Å². The van der Waals surface area contributed by atoms with Gasteiger partial charge in [0.1, 0.15) is 5.82 Å². The van der Waals surface area contributed by atoms with Crippen LogP contribution in [0.5, 0.6) is 0 Å². The maximum atomic E-state index is 13.6. The van der Waals surface area contributed by atoms with Crippen molar-refractivity contribution in [2.24, 2.45) is 16.2 Å². The Labute approximate surface area is 156 Å². The van der Waals surface area contributed by atoms with Gasteiger partial charge in [0, 0.05) is 32.4 Å². The van der Waals surface area contributed by atoms with Crippen LogP contribution in [0.3, 0.4) is 0 Å². The molecule has 1 N–H and O–H groups in total. The van der Waals surface area contributed by atoms with Gasteiger partial charge in [-0.2, -0.15) is 0 Å². The summed E-state index contributed by atoms with van der Waals surface area (Å²) in [4.78, 5) is 22.4. The molecule has 3 atom stereocenters. The first kappa shape index (κ1) is 17.8. The molecule has 0 radical (unpaired) electrons. The standard InChI is InChI=1S/C21H31N3O2/c1-15-6-5-9-22-17(15)23-10-12-24(13-11-23)18(26)21-8-7-20(4,16(25)14-21)19(21,2)3/h5-6,9,16,25H,7-8,10-14H2,1-4H3/t16-,20-,21+/m0/s1. The number of rotatable bonds is 2. The zero-order chi connectivity index (χ0) is 18.7. The van der Waals surface area contributed by atoms with Crippen molar-refractivity contribution in [3.63, 3.8) is 0 Å². The van der Waals surface area contributed by atoms with E-state index in [4.69, 9.17) is 0 Å². The Kier molecular flexibility index (Phi) is 3.89. The highest BCUT2D eigenvalue weighted by Crippen LogP contribution is 2.72. The second-order valence-corrected chi connectivity index (χ2v) is 9.27. The van der Waals surface area contributed by atoms with E-state index >= 15 is 0 Å². The second kappa shape index (κ2) is 5.69. The Balaban J connectivity index is 1.51. The summed E-state index contributed by atoms with van der Waals surface area (Å²) in [5.41, 5.74) is 0.475. The predicted octanol–water partition coefficient (Wildman–Crippen LogP) is 2.62. The first-order valence-electron chi connectivity index (χ1n) is 9.87. The minimum atomic E-state index is -0.399. The van der Waals surface area contributed by atoms with Gasteiger partial charge < -0.3 is 14.9 Å². The van der Waals surface area contributed by atoms with E-state index in [2.05, 4.69) is 43.6 Å². The van der Waals surface area contributed by atoms with Crippen molar-refractivity contribution < 1.29 is 9.90 Å². The molecular weight excluding hydrogens is 326 g/mol. The van der Waals surface area contributed by atoms with Crippen LogP contribution in [-0.2, 0) is 4.79 Å². The van der Waals surface area contributed by atoms with Crippen molar-refractivity contribution in [3.8, 4) is 0 Å². The van der Waals surface area contributed by atoms with E-state index in [1.807, 2.05) is 17.2 Å². The molecule has 26 heavy (non-hydrogen) atoms. The van der Waals surface area contributed by atoms with Gasteiger partial charge in [0.15, 0.2) is 0 Å². The molecule has 1 amide bonds. The van der Waals surface area contributed by atoms with Crippen LogP contribution >= 0.6 is 0 Å². The highest BCUT2D eigenvalue weighted by Gasteiger charge is 2.72. The summed E-state index contributed by atoms with van der Waals surface area (Å²) >= 11 is 0. The van der Waals surface area contributed by atoms with Crippen molar-refractivity contribution in [2.75, 3.05) is 31.1 Å². The highest BCUT2D eigenvalue weighted by atomic mass is 16.3. The lowest BCUT2D eigenvalue weighted by atomic mass is 9.64. The highest BCUT2D eigenvalue weighted by molar-refractivity contribution is 5.85. The number of carbonyl (C=O) groups excluding carboxylic acids is 1. The smallest absolute Gasteiger partial charge is 0.229 e. The Morgan fingerprint density at radius 3 is 2.42 bits per heavy atom. The van der Waals surface area contributed by atoms with E-state index in [0.717, 1.165) is 44.8 Å². The number of aromatic nitrogens is 1. The Morgan fingerprint density at radius 1 is 1.19 bits per heavy atom. The average molecular weight is 357 g/mol. The van der Waals surface area contributed by atoms with E-state index in [1.54, 1.807) is 0 Å². The van der Waals surface area contributed by atoms with Crippen molar-refractivity contribution in [1.29, 1.82) is 0 Å². The molecule has 3 aliphatic rings. The van der Waals surface area contributed by atoms with Crippen LogP contribution in [0, 0.1) is 23.2 Å². The van der Waals surface area contributed by atoms with E-state index in [-0.39, 0.29) is 22.8 Å². The molecule has 0 spiro atoms. The number of aliphatic hydroxyl groups excluding tert-OH is 1. The number of carbonyl (C=O) groups is 1. The summed E-state index contributed by atoms with van der Waals surface area (Å²) in [5, 5.41) is 10.7. The lowest BCUT2D eigenvalue weighted by molar-refractivity contribution is -0.148. The number of anilines is 1. The topological polar surface area (TPSA) is 56.7 Å². The van der Waals surface area contributed by atoms with Crippen LogP contribution in [0.4, 0.5) is 5.82 Å². The Bertz CT molecular complexity index is 726. The Morgan fingerprint density at radius 2 is 1.88 bits per heavy atom. The lowest BCUT2D eigenvalue weighted by Gasteiger charge is -2.44. The number of hydrogen-bond donors (Lipinski definition) is 1. The van der Waals surface area contributed by atoms with Gasteiger partial charge in [-0.3, -0.25) is 4.79 Å². The minimum Gasteiger partial charge on any atom is -0.393 e. The van der Waals surface area contributed by atoms with Crippen LogP contribution in [0.25, 0.3) is 0 Å². The summed E-state index contributed by atoms with van der Waals surface area (Å²) in [7, 11) is 0. The molecule has 0 aromatic carbocycles. The number of amides is 1. The van der Waals surface area contributed by atoms with Crippen LogP contribution in [0.2, 0.25) is 0 Å². The monoisotopic (exact) mass is 357 g/mol. The third kappa shape index (κ3) is 2.13. The fourth-order valence-electron chi connectivity index (χ4n) is 5.83. The van der Waals surface area contributed by atoms with Gasteiger partial charge in [-0.25, -0.2) is 4.98 Å². The molecule has 142 valence electrons. The Hall–Kier alpha value is -1.62. The number of piperazine rings is 1. The normalized spacial score (nSPS) is 35.8. The molecule has 2 saturated carbocycles. The van der Waals surface area contributed by atoms with Crippen LogP contribution in [0.15, 0.2) is 18.3 Å². The minimum absolute atomic E-state index is 0.143. The van der Waals surface area contributed by atoms with Gasteiger partial charge >= 0.3 is 0 Å². The average Bonchev–Trinajstić information content (AvgIpc) is 2.92. The molecule has 2 bridgehead atoms. The quantitative estimate of drug-likeness (QED) is 0.884. The van der Waals surface area contributed by atoms with Crippen molar-refractivity contribution in [3.05, 3.63) is 23.9 Å². The molecule has 1 aromatic heterocycles. The number of pyridine rings is 1. The third-order valence-corrected chi connectivity index (χ3v) is 8.23. The lowest BCUT2D eigenvalue weighted by Crippen LogP contribution is -2.55. The van der Waals surface area contributed by atoms with Gasteiger partial charge in [0.2, 0.25) is 5.91 Å². The largest absolute Gasteiger partial charge is 0.393 e. The first-order valence-corrected chi connectivity index (χ1v) is 9.87. The molecule has 4 rings (SSSR count). The number of nitrogens with zero attached hydrogens (tertiary/aromatic N) is 3. The molecule has 1 saturated heterocycles. The molecule has 2 aliphatic carbocycles. The van der Waals surface area contributed by atoms with Crippen molar-refractivity contribution in [2.45, 2.75) is 53.1 Å². The fourth-order valence-corrected chi connectivity index (χ4v) is 5.83. The summed E-state index contributed by atoms with van der Waals surface area (Å²) in [6.45, 7) is 11.8. The molecular formula is C21H31N3O2. The number of aliphatic hydroxyl groups is 1. The molecule has 5 nitrogen and oxygen atoms in total. The molecule has 0 unspecified atom stereocenters. The molecule has 2 heterocycles.